The molecule has 1 fully saturated rings. The van der Waals surface area contributed by atoms with E-state index in [4.69, 9.17) is 9.47 Å². The SMILES string of the molecule is O=C(C[n+]1cc(=O)o[nH]1)N1CCCC(Nc2ccc3c(c2)OCCO3)C1. The van der Waals surface area contributed by atoms with Crippen LogP contribution in [0.1, 0.15) is 12.8 Å². The molecule has 4 rings (SSSR count). The Morgan fingerprint density at radius 3 is 2.96 bits per heavy atom. The zero-order chi connectivity index (χ0) is 17.9. The van der Waals surface area contributed by atoms with Crippen molar-refractivity contribution in [2.75, 3.05) is 31.6 Å². The number of rotatable bonds is 4. The van der Waals surface area contributed by atoms with Gasteiger partial charge in [0.2, 0.25) is 0 Å². The van der Waals surface area contributed by atoms with Gasteiger partial charge in [0, 0.05) is 30.9 Å². The third kappa shape index (κ3) is 3.66. The molecule has 2 aromatic rings. The Morgan fingerprint density at radius 1 is 1.31 bits per heavy atom. The fourth-order valence-corrected chi connectivity index (χ4v) is 3.30. The molecule has 0 bridgehead atoms. The zero-order valence-electron chi connectivity index (χ0n) is 14.3. The Morgan fingerprint density at radius 2 is 2.15 bits per heavy atom. The number of carbonyl (C=O) groups excluding carboxylic acids is 1. The third-order valence-electron chi connectivity index (χ3n) is 4.52. The minimum atomic E-state index is -0.505. The minimum Gasteiger partial charge on any atom is -0.486 e. The van der Waals surface area contributed by atoms with E-state index < -0.39 is 5.63 Å². The maximum absolute atomic E-state index is 12.4. The van der Waals surface area contributed by atoms with Crippen molar-refractivity contribution >= 4 is 11.6 Å². The first kappa shape index (κ1) is 16.5. The molecular formula is C17H21N4O5+. The van der Waals surface area contributed by atoms with E-state index in [2.05, 4.69) is 15.1 Å². The van der Waals surface area contributed by atoms with Crippen molar-refractivity contribution in [2.45, 2.75) is 25.4 Å². The molecule has 3 heterocycles. The van der Waals surface area contributed by atoms with E-state index >= 15 is 0 Å². The summed E-state index contributed by atoms with van der Waals surface area (Å²) in [4.78, 5) is 25.3. The second-order valence-corrected chi connectivity index (χ2v) is 6.45. The number of hydrogen-bond donors (Lipinski definition) is 2. The van der Waals surface area contributed by atoms with E-state index in [0.717, 1.165) is 30.0 Å². The third-order valence-corrected chi connectivity index (χ3v) is 4.52. The molecule has 1 aromatic heterocycles. The monoisotopic (exact) mass is 361 g/mol. The van der Waals surface area contributed by atoms with E-state index in [-0.39, 0.29) is 18.5 Å². The molecule has 2 aliphatic heterocycles. The molecule has 2 N–H and O–H groups in total. The van der Waals surface area contributed by atoms with Gasteiger partial charge in [-0.15, -0.1) is 0 Å². The number of likely N-dealkylation sites (tertiary alicyclic amines) is 1. The number of H-pyrrole nitrogens is 1. The van der Waals surface area contributed by atoms with Gasteiger partial charge in [0.15, 0.2) is 11.5 Å². The maximum atomic E-state index is 12.4. The van der Waals surface area contributed by atoms with E-state index in [0.29, 0.717) is 26.3 Å². The van der Waals surface area contributed by atoms with E-state index in [1.807, 2.05) is 18.2 Å². The highest BCUT2D eigenvalue weighted by molar-refractivity contribution is 5.74. The molecular weight excluding hydrogens is 340 g/mol. The molecule has 0 spiro atoms. The average Bonchev–Trinajstić information content (AvgIpc) is 3.06. The van der Waals surface area contributed by atoms with Gasteiger partial charge in [0.1, 0.15) is 13.2 Å². The van der Waals surface area contributed by atoms with Gasteiger partial charge in [-0.3, -0.25) is 9.32 Å². The van der Waals surface area contributed by atoms with Crippen LogP contribution in [-0.2, 0) is 11.3 Å². The normalized spacial score (nSPS) is 19.2. The lowest BCUT2D eigenvalue weighted by Gasteiger charge is -2.33. The smallest absolute Gasteiger partial charge is 0.426 e. The Bertz CT molecular complexity index is 846. The number of aromatic nitrogens is 2. The first-order valence-electron chi connectivity index (χ1n) is 8.69. The number of amides is 1. The number of nitrogens with zero attached hydrogens (tertiary/aromatic N) is 2. The van der Waals surface area contributed by atoms with E-state index in [1.54, 1.807) is 4.90 Å². The Hall–Kier alpha value is -2.97. The number of piperidine rings is 1. The van der Waals surface area contributed by atoms with Crippen LogP contribution in [0.4, 0.5) is 5.69 Å². The second-order valence-electron chi connectivity index (χ2n) is 6.45. The van der Waals surface area contributed by atoms with Gasteiger partial charge < -0.3 is 19.7 Å². The van der Waals surface area contributed by atoms with Crippen molar-refractivity contribution in [1.82, 2.24) is 10.2 Å². The average molecular weight is 361 g/mol. The van der Waals surface area contributed by atoms with Crippen LogP contribution < -0.4 is 25.1 Å². The van der Waals surface area contributed by atoms with Crippen molar-refractivity contribution in [1.29, 1.82) is 0 Å². The van der Waals surface area contributed by atoms with Crippen molar-refractivity contribution in [3.8, 4) is 11.5 Å². The first-order valence-corrected chi connectivity index (χ1v) is 8.69. The summed E-state index contributed by atoms with van der Waals surface area (Å²) in [5.41, 5.74) is 0.441. The van der Waals surface area contributed by atoms with Gasteiger partial charge in [-0.05, 0) is 30.2 Å². The first-order chi connectivity index (χ1) is 12.7. The molecule has 1 unspecified atom stereocenters. The summed E-state index contributed by atoms with van der Waals surface area (Å²) >= 11 is 0. The van der Waals surface area contributed by atoms with Crippen LogP contribution in [-0.4, -0.2) is 48.4 Å². The highest BCUT2D eigenvalue weighted by Gasteiger charge is 2.26. The fraction of sp³-hybridized carbons (Fsp3) is 0.471. The molecule has 9 heteroatoms. The lowest BCUT2D eigenvalue weighted by atomic mass is 10.0. The summed E-state index contributed by atoms with van der Waals surface area (Å²) in [7, 11) is 0. The molecule has 0 aliphatic carbocycles. The molecule has 138 valence electrons. The zero-order valence-corrected chi connectivity index (χ0v) is 14.3. The van der Waals surface area contributed by atoms with Crippen LogP contribution in [0.3, 0.4) is 0 Å². The standard InChI is InChI=1S/C17H20N4O5/c22-16(10-21-11-17(23)26-19-21)20-5-1-2-13(9-20)18-12-3-4-14-15(8-12)25-7-6-24-14/h3-4,8,11,13,18H,1-2,5-7,9-10H2/p+1. The number of nitrogens with one attached hydrogen (secondary N) is 2. The van der Waals surface area contributed by atoms with Gasteiger partial charge in [0.25, 0.3) is 18.6 Å². The van der Waals surface area contributed by atoms with Crippen LogP contribution in [0.5, 0.6) is 11.5 Å². The number of fused-ring (bicyclic) bond motifs is 1. The van der Waals surface area contributed by atoms with E-state index in [9.17, 15) is 9.59 Å². The highest BCUT2D eigenvalue weighted by Crippen LogP contribution is 2.33. The number of benzene rings is 1. The Balaban J connectivity index is 1.37. The van der Waals surface area contributed by atoms with Crippen LogP contribution in [0.25, 0.3) is 0 Å². The molecule has 0 radical (unpaired) electrons. The van der Waals surface area contributed by atoms with E-state index in [1.165, 1.54) is 10.9 Å². The minimum absolute atomic E-state index is 0.0549. The quantitative estimate of drug-likeness (QED) is 0.751. The van der Waals surface area contributed by atoms with Crippen molar-refractivity contribution in [3.05, 3.63) is 34.8 Å². The fourth-order valence-electron chi connectivity index (χ4n) is 3.30. The molecule has 1 atom stereocenters. The number of carbonyl (C=O) groups is 1. The Labute approximate surface area is 149 Å². The Kier molecular flexibility index (Phi) is 4.51. The molecule has 1 saturated heterocycles. The largest absolute Gasteiger partial charge is 0.486 e. The predicted molar refractivity (Wildman–Crippen MR) is 90.2 cm³/mol. The summed E-state index contributed by atoms with van der Waals surface area (Å²) in [5, 5.41) is 5.87. The maximum Gasteiger partial charge on any atom is 0.426 e. The predicted octanol–water partition coefficient (Wildman–Crippen LogP) is 0.130. The molecule has 0 saturated carbocycles. The van der Waals surface area contributed by atoms with Gasteiger partial charge in [-0.2, -0.15) is 0 Å². The second kappa shape index (κ2) is 7.11. The summed E-state index contributed by atoms with van der Waals surface area (Å²) in [5.74, 6) is 1.44. The number of ether oxygens (including phenoxy) is 2. The van der Waals surface area contributed by atoms with Gasteiger partial charge in [-0.25, -0.2) is 4.79 Å². The molecule has 9 nitrogen and oxygen atoms in total. The summed E-state index contributed by atoms with van der Waals surface area (Å²) in [6.07, 6.45) is 3.13. The van der Waals surface area contributed by atoms with Crippen LogP contribution in [0, 0.1) is 0 Å². The topological polar surface area (TPSA) is 101 Å². The van der Waals surface area contributed by atoms with Gasteiger partial charge in [0.05, 0.1) is 0 Å². The van der Waals surface area contributed by atoms with Gasteiger partial charge in [-0.1, -0.05) is 4.68 Å². The summed E-state index contributed by atoms with van der Waals surface area (Å²) in [6.45, 7) is 2.49. The lowest BCUT2D eigenvalue weighted by Crippen LogP contribution is -2.51. The molecule has 1 amide bonds. The summed E-state index contributed by atoms with van der Waals surface area (Å²) < 4.78 is 17.1. The molecule has 1 aromatic carbocycles. The summed E-state index contributed by atoms with van der Waals surface area (Å²) in [6, 6.07) is 5.94. The number of anilines is 1. The highest BCUT2D eigenvalue weighted by atomic mass is 16.6. The van der Waals surface area contributed by atoms with Crippen LogP contribution in [0.2, 0.25) is 0 Å². The van der Waals surface area contributed by atoms with Crippen molar-refractivity contribution in [2.24, 2.45) is 0 Å². The molecule has 2 aliphatic rings. The molecule has 26 heavy (non-hydrogen) atoms. The van der Waals surface area contributed by atoms with Crippen LogP contribution in [0.15, 0.2) is 33.7 Å². The van der Waals surface area contributed by atoms with Crippen molar-refractivity contribution < 1.29 is 23.5 Å². The van der Waals surface area contributed by atoms with Crippen LogP contribution >= 0.6 is 0 Å². The lowest BCUT2D eigenvalue weighted by molar-refractivity contribution is -0.751. The number of hydrogen-bond acceptors (Lipinski definition) is 6. The van der Waals surface area contributed by atoms with Gasteiger partial charge >= 0.3 is 5.63 Å². The van der Waals surface area contributed by atoms with Crippen molar-refractivity contribution in [3.63, 3.8) is 0 Å². The number of aromatic amines is 1.